The molecule has 0 aliphatic carbocycles. The summed E-state index contributed by atoms with van der Waals surface area (Å²) in [5.74, 6) is -3.63. The van der Waals surface area contributed by atoms with Crippen LogP contribution in [0, 0.1) is 24.4 Å². The molecule has 196 valence electrons. The number of urea groups is 1. The molecule has 1 saturated heterocycles. The van der Waals surface area contributed by atoms with E-state index in [-0.39, 0.29) is 5.91 Å². The Labute approximate surface area is 215 Å². The average Bonchev–Trinajstić information content (AvgIpc) is 3.26. The van der Waals surface area contributed by atoms with Gasteiger partial charge in [0.25, 0.3) is 0 Å². The molecular weight excluding hydrogens is 499 g/mol. The molecule has 2 aromatic carbocycles. The number of halogens is 3. The minimum absolute atomic E-state index is 0.0207. The number of nitrogens with one attached hydrogen (secondary N) is 3. The number of hydrogen-bond acceptors (Lipinski definition) is 5. The molecule has 4 aromatic rings. The number of piperazine rings is 1. The predicted molar refractivity (Wildman–Crippen MR) is 136 cm³/mol. The van der Waals surface area contributed by atoms with E-state index >= 15 is 0 Å². The normalized spacial score (nSPS) is 14.0. The van der Waals surface area contributed by atoms with Gasteiger partial charge in [-0.2, -0.15) is 5.10 Å². The number of rotatable bonds is 5. The fraction of sp³-hybridized carbons (Fsp3) is 0.231. The van der Waals surface area contributed by atoms with Crippen molar-refractivity contribution in [2.75, 3.05) is 30.3 Å². The van der Waals surface area contributed by atoms with Gasteiger partial charge in [-0.25, -0.2) is 22.9 Å². The van der Waals surface area contributed by atoms with Crippen molar-refractivity contribution in [3.8, 4) is 11.1 Å². The van der Waals surface area contributed by atoms with Crippen LogP contribution in [-0.2, 0) is 18.4 Å². The molecule has 0 unspecified atom stereocenters. The highest BCUT2D eigenvalue weighted by Crippen LogP contribution is 2.30. The largest absolute Gasteiger partial charge is 0.354 e. The van der Waals surface area contributed by atoms with Crippen LogP contribution in [0.25, 0.3) is 22.2 Å². The van der Waals surface area contributed by atoms with E-state index in [1.54, 1.807) is 42.2 Å². The van der Waals surface area contributed by atoms with Gasteiger partial charge >= 0.3 is 6.03 Å². The fourth-order valence-corrected chi connectivity index (χ4v) is 4.38. The number of hydrogen-bond donors (Lipinski definition) is 3. The monoisotopic (exact) mass is 523 g/mol. The number of nitrogens with zero attached hydrogens (tertiary/aromatic N) is 4. The maximum Gasteiger partial charge on any atom is 0.323 e. The van der Waals surface area contributed by atoms with Crippen molar-refractivity contribution in [1.29, 1.82) is 0 Å². The molecule has 1 aliphatic rings. The summed E-state index contributed by atoms with van der Waals surface area (Å²) in [6.07, 6.45) is 1.73. The van der Waals surface area contributed by atoms with Crippen molar-refractivity contribution in [2.45, 2.75) is 13.5 Å². The van der Waals surface area contributed by atoms with E-state index in [9.17, 15) is 22.8 Å². The van der Waals surface area contributed by atoms with E-state index in [4.69, 9.17) is 4.98 Å². The van der Waals surface area contributed by atoms with Gasteiger partial charge in [0.1, 0.15) is 0 Å². The highest BCUT2D eigenvalue weighted by Gasteiger charge is 2.20. The molecule has 12 heteroatoms. The number of amides is 3. The lowest BCUT2D eigenvalue weighted by molar-refractivity contribution is -0.124. The van der Waals surface area contributed by atoms with Gasteiger partial charge in [-0.15, -0.1) is 0 Å². The van der Waals surface area contributed by atoms with Crippen molar-refractivity contribution in [3.05, 3.63) is 71.3 Å². The molecule has 38 heavy (non-hydrogen) atoms. The van der Waals surface area contributed by atoms with Gasteiger partial charge in [0.05, 0.1) is 24.1 Å². The van der Waals surface area contributed by atoms with Crippen LogP contribution >= 0.6 is 0 Å². The minimum Gasteiger partial charge on any atom is -0.354 e. The van der Waals surface area contributed by atoms with E-state index in [0.717, 1.165) is 35.7 Å². The van der Waals surface area contributed by atoms with Gasteiger partial charge in [-0.1, -0.05) is 12.1 Å². The van der Waals surface area contributed by atoms with Crippen molar-refractivity contribution in [2.24, 2.45) is 7.05 Å². The molecule has 0 atom stereocenters. The number of aromatic nitrogens is 3. The van der Waals surface area contributed by atoms with Crippen LogP contribution in [-0.4, -0.2) is 51.2 Å². The maximum absolute atomic E-state index is 14.2. The second kappa shape index (κ2) is 10.1. The summed E-state index contributed by atoms with van der Waals surface area (Å²) < 4.78 is 43.1. The summed E-state index contributed by atoms with van der Waals surface area (Å²) in [5, 5.41) is 12.7. The summed E-state index contributed by atoms with van der Waals surface area (Å²) in [4.78, 5) is 30.9. The summed E-state index contributed by atoms with van der Waals surface area (Å²) in [5.41, 5.74) is 2.63. The Bertz CT molecular complexity index is 1550. The number of benzene rings is 2. The van der Waals surface area contributed by atoms with Gasteiger partial charge in [0, 0.05) is 49.4 Å². The van der Waals surface area contributed by atoms with Gasteiger partial charge in [-0.3, -0.25) is 14.4 Å². The zero-order chi connectivity index (χ0) is 27.0. The molecule has 1 aliphatic heterocycles. The van der Waals surface area contributed by atoms with Crippen molar-refractivity contribution in [1.82, 2.24) is 25.0 Å². The number of carbonyl (C=O) groups excluding carboxylic acids is 2. The van der Waals surface area contributed by atoms with Crippen LogP contribution < -0.4 is 16.0 Å². The molecule has 0 spiro atoms. The smallest absolute Gasteiger partial charge is 0.323 e. The lowest BCUT2D eigenvalue weighted by Gasteiger charge is -2.26. The van der Waals surface area contributed by atoms with Gasteiger partial charge in [-0.05, 0) is 36.2 Å². The molecule has 0 saturated carbocycles. The lowest BCUT2D eigenvalue weighted by atomic mass is 10.0. The summed E-state index contributed by atoms with van der Waals surface area (Å²) >= 11 is 0. The summed E-state index contributed by atoms with van der Waals surface area (Å²) in [6.45, 7) is 3.20. The molecule has 2 aromatic heterocycles. The van der Waals surface area contributed by atoms with Crippen LogP contribution in [0.2, 0.25) is 0 Å². The molecule has 3 N–H and O–H groups in total. The van der Waals surface area contributed by atoms with Gasteiger partial charge < -0.3 is 16.0 Å². The van der Waals surface area contributed by atoms with Crippen LogP contribution in [0.3, 0.4) is 0 Å². The van der Waals surface area contributed by atoms with Crippen LogP contribution in [0.5, 0.6) is 0 Å². The number of anilines is 2. The summed E-state index contributed by atoms with van der Waals surface area (Å²) in [6, 6.07) is 8.68. The number of pyridine rings is 1. The molecule has 0 bridgehead atoms. The third-order valence-electron chi connectivity index (χ3n) is 6.34. The molecule has 0 radical (unpaired) electrons. The second-order valence-corrected chi connectivity index (χ2v) is 9.04. The Balaban J connectivity index is 1.36. The van der Waals surface area contributed by atoms with Crippen LogP contribution in [0.4, 0.5) is 29.3 Å². The first kappa shape index (κ1) is 25.2. The topological polar surface area (TPSA) is 104 Å². The Morgan fingerprint density at radius 3 is 2.61 bits per heavy atom. The quantitative estimate of drug-likeness (QED) is 0.344. The third kappa shape index (κ3) is 5.02. The minimum atomic E-state index is -1.30. The number of fused-ring (bicyclic) bond motifs is 1. The number of aryl methyl sites for hydroxylation is 1. The van der Waals surface area contributed by atoms with Crippen LogP contribution in [0.1, 0.15) is 11.3 Å². The standard InChI is InChI=1S/C26H24F3N7O2/c1-14-23(28)20(27)10-21(24(14)29)34-26(38)33-16-5-3-15(4-6-16)18-9-17(12-36-8-7-30-22(37)13-36)32-25-19(18)11-31-35(25)2/h3-6,9-11H,7-8,12-13H2,1-2H3,(H,30,37)(H2,33,34,38). The predicted octanol–water partition coefficient (Wildman–Crippen LogP) is 3.94. The lowest BCUT2D eigenvalue weighted by Crippen LogP contribution is -2.47. The zero-order valence-corrected chi connectivity index (χ0v) is 20.6. The second-order valence-electron chi connectivity index (χ2n) is 9.04. The number of carbonyl (C=O) groups is 2. The average molecular weight is 524 g/mol. The molecular formula is C26H24F3N7O2. The van der Waals surface area contributed by atoms with Crippen LogP contribution in [0.15, 0.2) is 42.6 Å². The van der Waals surface area contributed by atoms with E-state index in [0.29, 0.717) is 37.0 Å². The molecule has 3 amide bonds. The third-order valence-corrected chi connectivity index (χ3v) is 6.34. The first-order chi connectivity index (χ1) is 18.2. The zero-order valence-electron chi connectivity index (χ0n) is 20.6. The molecule has 3 heterocycles. The Hall–Kier alpha value is -4.45. The van der Waals surface area contributed by atoms with Crippen molar-refractivity contribution < 1.29 is 22.8 Å². The highest BCUT2D eigenvalue weighted by atomic mass is 19.2. The van der Waals surface area contributed by atoms with Crippen molar-refractivity contribution >= 4 is 34.3 Å². The Morgan fingerprint density at radius 1 is 1.11 bits per heavy atom. The molecule has 5 rings (SSSR count). The summed E-state index contributed by atoms with van der Waals surface area (Å²) in [7, 11) is 1.81. The first-order valence-electron chi connectivity index (χ1n) is 11.8. The SMILES string of the molecule is Cc1c(F)c(F)cc(NC(=O)Nc2ccc(-c3cc(CN4CCNC(=O)C4)nc4c3cnn4C)cc2)c1F. The van der Waals surface area contributed by atoms with E-state index in [2.05, 4.69) is 21.0 Å². The van der Waals surface area contributed by atoms with E-state index in [1.165, 1.54) is 0 Å². The first-order valence-corrected chi connectivity index (χ1v) is 11.8. The Kier molecular flexibility index (Phi) is 6.72. The highest BCUT2D eigenvalue weighted by molar-refractivity contribution is 6.00. The molecule has 9 nitrogen and oxygen atoms in total. The fourth-order valence-electron chi connectivity index (χ4n) is 4.38. The maximum atomic E-state index is 14.2. The molecule has 1 fully saturated rings. The van der Waals surface area contributed by atoms with E-state index in [1.807, 2.05) is 11.0 Å². The van der Waals surface area contributed by atoms with E-state index < -0.39 is 34.7 Å². The van der Waals surface area contributed by atoms with Gasteiger partial charge in [0.15, 0.2) is 23.1 Å². The van der Waals surface area contributed by atoms with Gasteiger partial charge in [0.2, 0.25) is 5.91 Å². The Morgan fingerprint density at radius 2 is 1.87 bits per heavy atom. The van der Waals surface area contributed by atoms with Crippen molar-refractivity contribution in [3.63, 3.8) is 0 Å².